The molecule has 20 heavy (non-hydrogen) atoms. The van der Waals surface area contributed by atoms with E-state index < -0.39 is 9.84 Å². The number of sulfone groups is 1. The number of likely N-dealkylation sites (N-methyl/N-ethyl adjacent to an activating group) is 1. The summed E-state index contributed by atoms with van der Waals surface area (Å²) in [6.07, 6.45) is 1.35. The number of hydrogen-bond acceptors (Lipinski definition) is 5. The molecule has 1 saturated heterocycles. The van der Waals surface area contributed by atoms with Gasteiger partial charge in [-0.3, -0.25) is 4.90 Å². The number of nitrogens with zero attached hydrogens (tertiary/aromatic N) is 1. The van der Waals surface area contributed by atoms with Crippen molar-refractivity contribution >= 4 is 21.6 Å². The zero-order valence-corrected chi connectivity index (χ0v) is 13.6. The van der Waals surface area contributed by atoms with E-state index in [2.05, 4.69) is 22.3 Å². The Morgan fingerprint density at radius 3 is 2.70 bits per heavy atom. The summed E-state index contributed by atoms with van der Waals surface area (Å²) in [5.41, 5.74) is 1.17. The minimum atomic E-state index is -3.07. The molecule has 1 aliphatic heterocycles. The molecule has 0 spiro atoms. The maximum atomic E-state index is 12.1. The van der Waals surface area contributed by atoms with Crippen molar-refractivity contribution in [1.82, 2.24) is 10.2 Å². The first kappa shape index (κ1) is 15.8. The third-order valence-electron chi connectivity index (χ3n) is 3.60. The van der Waals surface area contributed by atoms with Crippen molar-refractivity contribution in [3.05, 3.63) is 35.9 Å². The lowest BCUT2D eigenvalue weighted by Gasteiger charge is -2.40. The average molecular weight is 314 g/mol. The van der Waals surface area contributed by atoms with Gasteiger partial charge in [0, 0.05) is 36.9 Å². The van der Waals surface area contributed by atoms with Crippen LogP contribution in [0.4, 0.5) is 0 Å². The molecule has 2 atom stereocenters. The van der Waals surface area contributed by atoms with Crippen molar-refractivity contribution in [2.45, 2.75) is 11.4 Å². The Morgan fingerprint density at radius 1 is 1.40 bits per heavy atom. The molecular weight excluding hydrogens is 292 g/mol. The number of rotatable bonds is 5. The second kappa shape index (κ2) is 6.93. The fourth-order valence-corrected chi connectivity index (χ4v) is 5.54. The summed E-state index contributed by atoms with van der Waals surface area (Å²) in [7, 11) is -1.16. The number of nitrogens with one attached hydrogen (secondary N) is 1. The summed E-state index contributed by atoms with van der Waals surface area (Å²) in [6, 6.07) is 10.2. The predicted octanol–water partition coefficient (Wildman–Crippen LogP) is 1.37. The summed E-state index contributed by atoms with van der Waals surface area (Å²) in [4.78, 5) is 2.14. The van der Waals surface area contributed by atoms with Gasteiger partial charge in [-0.05, 0) is 12.6 Å². The zero-order chi connectivity index (χ0) is 14.6. The molecule has 2 rings (SSSR count). The molecular formula is C14H22N2O2S2. The van der Waals surface area contributed by atoms with E-state index in [0.717, 1.165) is 18.8 Å². The molecule has 2 unspecified atom stereocenters. The maximum absolute atomic E-state index is 12.1. The van der Waals surface area contributed by atoms with Crippen molar-refractivity contribution in [3.63, 3.8) is 0 Å². The van der Waals surface area contributed by atoms with Crippen LogP contribution in [0.15, 0.2) is 30.3 Å². The van der Waals surface area contributed by atoms with Crippen LogP contribution in [0, 0.1) is 0 Å². The first-order chi connectivity index (χ1) is 9.54. The van der Waals surface area contributed by atoms with Crippen molar-refractivity contribution < 1.29 is 8.42 Å². The standard InChI is InChI=1S/C14H22N2O2S2/c1-15-10-13(12-6-4-3-5-7-12)16-8-9-19-11-14(16)20(2,17)18/h3-7,13-15H,8-11H2,1-2H3. The second-order valence-electron chi connectivity index (χ2n) is 5.08. The highest BCUT2D eigenvalue weighted by molar-refractivity contribution is 8.00. The largest absolute Gasteiger partial charge is 0.318 e. The van der Waals surface area contributed by atoms with Crippen LogP contribution in [0.5, 0.6) is 0 Å². The monoisotopic (exact) mass is 314 g/mol. The summed E-state index contributed by atoms with van der Waals surface area (Å²) in [5, 5.41) is 2.80. The Labute approximate surface area is 125 Å². The van der Waals surface area contributed by atoms with Crippen LogP contribution in [-0.4, -0.2) is 56.6 Å². The first-order valence-corrected chi connectivity index (χ1v) is 9.87. The molecule has 0 aromatic heterocycles. The molecule has 4 nitrogen and oxygen atoms in total. The van der Waals surface area contributed by atoms with Gasteiger partial charge in [0.1, 0.15) is 5.37 Å². The highest BCUT2D eigenvalue weighted by Crippen LogP contribution is 2.29. The lowest BCUT2D eigenvalue weighted by molar-refractivity contribution is 0.191. The van der Waals surface area contributed by atoms with Crippen molar-refractivity contribution in [1.29, 1.82) is 0 Å². The van der Waals surface area contributed by atoms with Crippen LogP contribution in [0.3, 0.4) is 0 Å². The van der Waals surface area contributed by atoms with Gasteiger partial charge in [0.25, 0.3) is 0 Å². The molecule has 1 heterocycles. The quantitative estimate of drug-likeness (QED) is 0.889. The molecule has 0 aliphatic carbocycles. The number of benzene rings is 1. The molecule has 6 heteroatoms. The Balaban J connectivity index is 2.31. The third-order valence-corrected chi connectivity index (χ3v) is 6.26. The minimum absolute atomic E-state index is 0.0989. The third kappa shape index (κ3) is 3.75. The summed E-state index contributed by atoms with van der Waals surface area (Å²) >= 11 is 1.72. The molecule has 1 fully saturated rings. The molecule has 112 valence electrons. The van der Waals surface area contributed by atoms with Crippen LogP contribution in [0.1, 0.15) is 11.6 Å². The van der Waals surface area contributed by atoms with Gasteiger partial charge in [-0.25, -0.2) is 8.42 Å². The Bertz CT molecular complexity index is 519. The molecule has 1 aromatic rings. The van der Waals surface area contributed by atoms with Crippen LogP contribution in [-0.2, 0) is 9.84 Å². The van der Waals surface area contributed by atoms with Gasteiger partial charge in [0.15, 0.2) is 9.84 Å². The number of thioether (sulfide) groups is 1. The van der Waals surface area contributed by atoms with Crippen molar-refractivity contribution in [2.24, 2.45) is 0 Å². The Kier molecular flexibility index (Phi) is 5.49. The van der Waals surface area contributed by atoms with Crippen LogP contribution >= 0.6 is 11.8 Å². The minimum Gasteiger partial charge on any atom is -0.318 e. The molecule has 1 aromatic carbocycles. The van der Waals surface area contributed by atoms with Gasteiger partial charge >= 0.3 is 0 Å². The van der Waals surface area contributed by atoms with E-state index in [4.69, 9.17) is 0 Å². The van der Waals surface area contributed by atoms with Gasteiger partial charge in [-0.1, -0.05) is 30.3 Å². The van der Waals surface area contributed by atoms with E-state index in [1.807, 2.05) is 25.2 Å². The second-order valence-corrected chi connectivity index (χ2v) is 8.43. The molecule has 0 saturated carbocycles. The topological polar surface area (TPSA) is 49.4 Å². The van der Waals surface area contributed by atoms with Gasteiger partial charge in [0.05, 0.1) is 0 Å². The molecule has 1 N–H and O–H groups in total. The maximum Gasteiger partial charge on any atom is 0.164 e. The molecule has 0 amide bonds. The van der Waals surface area contributed by atoms with Crippen molar-refractivity contribution in [2.75, 3.05) is 37.9 Å². The normalized spacial score (nSPS) is 22.6. The summed E-state index contributed by atoms with van der Waals surface area (Å²) in [6.45, 7) is 1.56. The van der Waals surface area contributed by atoms with E-state index in [1.54, 1.807) is 11.8 Å². The van der Waals surface area contributed by atoms with Gasteiger partial charge in [-0.2, -0.15) is 11.8 Å². The fraction of sp³-hybridized carbons (Fsp3) is 0.571. The van der Waals surface area contributed by atoms with Gasteiger partial charge < -0.3 is 5.32 Å². The van der Waals surface area contributed by atoms with Gasteiger partial charge in [0.2, 0.25) is 0 Å². The SMILES string of the molecule is CNCC(c1ccccc1)N1CCSCC1S(C)(=O)=O. The summed E-state index contributed by atoms with van der Waals surface area (Å²) in [5.74, 6) is 1.64. The van der Waals surface area contributed by atoms with Crippen LogP contribution in [0.25, 0.3) is 0 Å². The van der Waals surface area contributed by atoms with E-state index >= 15 is 0 Å². The lowest BCUT2D eigenvalue weighted by atomic mass is 10.1. The fourth-order valence-electron chi connectivity index (χ4n) is 2.62. The average Bonchev–Trinajstić information content (AvgIpc) is 2.45. The zero-order valence-electron chi connectivity index (χ0n) is 12.0. The van der Waals surface area contributed by atoms with E-state index in [0.29, 0.717) is 5.75 Å². The molecule has 1 aliphatic rings. The summed E-state index contributed by atoms with van der Waals surface area (Å²) < 4.78 is 24.1. The lowest BCUT2D eigenvalue weighted by Crippen LogP contribution is -2.50. The van der Waals surface area contributed by atoms with Gasteiger partial charge in [-0.15, -0.1) is 0 Å². The Hall–Kier alpha value is -0.560. The first-order valence-electron chi connectivity index (χ1n) is 6.76. The Morgan fingerprint density at radius 2 is 2.10 bits per heavy atom. The van der Waals surface area contributed by atoms with E-state index in [1.165, 1.54) is 11.8 Å². The molecule has 0 bridgehead atoms. The highest BCUT2D eigenvalue weighted by Gasteiger charge is 2.35. The molecule has 0 radical (unpaired) electrons. The van der Waals surface area contributed by atoms with E-state index in [9.17, 15) is 8.42 Å². The van der Waals surface area contributed by atoms with E-state index in [-0.39, 0.29) is 11.4 Å². The number of hydrogen-bond donors (Lipinski definition) is 1. The predicted molar refractivity (Wildman–Crippen MR) is 85.8 cm³/mol. The highest BCUT2D eigenvalue weighted by atomic mass is 32.2. The smallest absolute Gasteiger partial charge is 0.164 e. The van der Waals surface area contributed by atoms with Crippen LogP contribution < -0.4 is 5.32 Å². The van der Waals surface area contributed by atoms with Crippen molar-refractivity contribution in [3.8, 4) is 0 Å². The van der Waals surface area contributed by atoms with Crippen LogP contribution in [0.2, 0.25) is 0 Å².